The van der Waals surface area contributed by atoms with E-state index in [0.29, 0.717) is 4.91 Å². The number of rotatable bonds is 28. The van der Waals surface area contributed by atoms with E-state index in [1.807, 2.05) is 53.8 Å². The average Bonchev–Trinajstić information content (AvgIpc) is 3.61. The normalized spacial score (nSPS) is 13.3. The summed E-state index contributed by atoms with van der Waals surface area (Å²) in [7, 11) is 0. The van der Waals surface area contributed by atoms with E-state index in [9.17, 15) is 14.7 Å². The highest BCUT2D eigenvalue weighted by molar-refractivity contribution is 8.26. The fraction of sp³-hybridized carbons (Fsp3) is 0.339. The van der Waals surface area contributed by atoms with Crippen LogP contribution in [0, 0.1) is 0 Å². The number of unbranched alkanes of at least 4 members (excludes halogenated alkanes) is 12. The Balaban J connectivity index is 1.16. The molecule has 350 valence electrons. The van der Waals surface area contributed by atoms with Gasteiger partial charge in [0.2, 0.25) is 0 Å². The predicted molar refractivity (Wildman–Crippen MR) is 287 cm³/mol. The van der Waals surface area contributed by atoms with E-state index < -0.39 is 12.5 Å². The third-order valence-electron chi connectivity index (χ3n) is 11.7. The third-order valence-corrected chi connectivity index (χ3v) is 13.0. The van der Waals surface area contributed by atoms with Gasteiger partial charge >= 0.3 is 5.97 Å². The molecule has 0 radical (unpaired) electrons. The number of carbonyl (C=O) groups is 2. The molecule has 1 N–H and O–H groups in total. The van der Waals surface area contributed by atoms with Crippen LogP contribution in [0.3, 0.4) is 0 Å². The van der Waals surface area contributed by atoms with Gasteiger partial charge in [-0.3, -0.25) is 24.5 Å². The zero-order valence-corrected chi connectivity index (χ0v) is 40.9. The van der Waals surface area contributed by atoms with Gasteiger partial charge in [-0.25, -0.2) is 0 Å². The summed E-state index contributed by atoms with van der Waals surface area (Å²) in [5, 5.41) is 23.4. The second kappa shape index (κ2) is 27.6. The van der Waals surface area contributed by atoms with Crippen LogP contribution in [0.15, 0.2) is 149 Å². The summed E-state index contributed by atoms with van der Waals surface area (Å²) in [5.74, 6) is -1.49. The molecule has 0 aliphatic carbocycles. The lowest BCUT2D eigenvalue weighted by Gasteiger charge is -2.25. The molecule has 0 aromatic heterocycles. The van der Waals surface area contributed by atoms with Crippen LogP contribution >= 0.6 is 24.0 Å². The lowest BCUT2D eigenvalue weighted by Crippen LogP contribution is -2.33. The number of hydrogen-bond donors (Lipinski definition) is 1. The van der Waals surface area contributed by atoms with Gasteiger partial charge in [0.25, 0.3) is 5.91 Å². The quantitative estimate of drug-likeness (QED) is 0.0174. The number of hydrogen-bond acceptors (Lipinski definition) is 9. The lowest BCUT2D eigenvalue weighted by molar-refractivity contribution is -0.140. The summed E-state index contributed by atoms with van der Waals surface area (Å²) in [5.41, 5.74) is 8.03. The van der Waals surface area contributed by atoms with E-state index in [0.717, 1.165) is 94.1 Å². The molecule has 1 heterocycles. The minimum atomic E-state index is -1.10. The Bertz CT molecular complexity index is 2370. The largest absolute Gasteiger partial charge is 0.480 e. The molecule has 1 fully saturated rings. The van der Waals surface area contributed by atoms with Crippen molar-refractivity contribution in [1.82, 2.24) is 4.90 Å². The Morgan fingerprint density at radius 1 is 0.552 bits per heavy atom. The SMILES string of the molecule is CCCCCCCCCN(N=Cc1ccc(N(c2ccccc2)c2ccc(C=NN(CCCCCCCCC)c3ccc(C=C4SC(=S)N(CC(=O)O)C4=O)cc3)cc2)cc1)c1ccccc1. The molecule has 0 unspecified atom stereocenters. The summed E-state index contributed by atoms with van der Waals surface area (Å²) in [4.78, 5) is 27.9. The highest BCUT2D eigenvalue weighted by Gasteiger charge is 2.33. The van der Waals surface area contributed by atoms with E-state index in [-0.39, 0.29) is 10.2 Å². The second-order valence-electron chi connectivity index (χ2n) is 16.9. The molecule has 67 heavy (non-hydrogen) atoms. The molecule has 1 aliphatic heterocycles. The molecule has 5 aromatic rings. The van der Waals surface area contributed by atoms with E-state index in [1.54, 1.807) is 6.08 Å². The minimum absolute atomic E-state index is 0.252. The molecule has 11 heteroatoms. The third kappa shape index (κ3) is 16.1. The highest BCUT2D eigenvalue weighted by atomic mass is 32.2. The number of benzene rings is 5. The van der Waals surface area contributed by atoms with Crippen molar-refractivity contribution < 1.29 is 14.7 Å². The molecule has 6 rings (SSSR count). The van der Waals surface area contributed by atoms with Crippen molar-refractivity contribution in [2.45, 2.75) is 104 Å². The van der Waals surface area contributed by atoms with Gasteiger partial charge in [0, 0.05) is 30.2 Å². The predicted octanol–water partition coefficient (Wildman–Crippen LogP) is 14.6. The van der Waals surface area contributed by atoms with Crippen molar-refractivity contribution in [2.24, 2.45) is 10.2 Å². The molecule has 9 nitrogen and oxygen atoms in total. The van der Waals surface area contributed by atoms with Crippen molar-refractivity contribution in [3.05, 3.63) is 155 Å². The van der Waals surface area contributed by atoms with Crippen molar-refractivity contribution >= 4 is 87.1 Å². The van der Waals surface area contributed by atoms with Gasteiger partial charge in [-0.1, -0.05) is 188 Å². The number of thioether (sulfide) groups is 1. The molecular formula is C56H66N6O3S2. The first-order valence-electron chi connectivity index (χ1n) is 24.1. The fourth-order valence-corrected chi connectivity index (χ4v) is 9.18. The van der Waals surface area contributed by atoms with Crippen LogP contribution in [0.1, 0.15) is 120 Å². The molecule has 0 spiro atoms. The number of aliphatic carboxylic acids is 1. The van der Waals surface area contributed by atoms with Crippen molar-refractivity contribution in [3.63, 3.8) is 0 Å². The van der Waals surface area contributed by atoms with Crippen LogP contribution in [0.2, 0.25) is 0 Å². The fourth-order valence-electron chi connectivity index (χ4n) is 7.93. The maximum atomic E-state index is 12.9. The molecule has 0 atom stereocenters. The van der Waals surface area contributed by atoms with Crippen molar-refractivity contribution in [1.29, 1.82) is 0 Å². The van der Waals surface area contributed by atoms with Gasteiger partial charge < -0.3 is 10.0 Å². The van der Waals surface area contributed by atoms with Gasteiger partial charge in [-0.05, 0) is 96.3 Å². The summed E-state index contributed by atoms with van der Waals surface area (Å²) in [6, 6.07) is 45.9. The maximum Gasteiger partial charge on any atom is 0.323 e. The Labute approximate surface area is 408 Å². The smallest absolute Gasteiger partial charge is 0.323 e. The van der Waals surface area contributed by atoms with E-state index in [2.05, 4.69) is 121 Å². The lowest BCUT2D eigenvalue weighted by atomic mass is 10.1. The highest BCUT2D eigenvalue weighted by Crippen LogP contribution is 2.35. The van der Waals surface area contributed by atoms with Crippen LogP contribution in [-0.2, 0) is 9.59 Å². The molecule has 1 saturated heterocycles. The second-order valence-corrected chi connectivity index (χ2v) is 18.6. The summed E-state index contributed by atoms with van der Waals surface area (Å²) in [6.07, 6.45) is 22.9. The van der Waals surface area contributed by atoms with Crippen LogP contribution in [0.25, 0.3) is 6.08 Å². The van der Waals surface area contributed by atoms with Crippen LogP contribution in [0.4, 0.5) is 28.4 Å². The summed E-state index contributed by atoms with van der Waals surface area (Å²) in [6.45, 7) is 5.71. The van der Waals surface area contributed by atoms with E-state index in [1.165, 1.54) is 70.6 Å². The van der Waals surface area contributed by atoms with Crippen molar-refractivity contribution in [2.75, 3.05) is 34.6 Å². The van der Waals surface area contributed by atoms with Crippen molar-refractivity contribution in [3.8, 4) is 0 Å². The van der Waals surface area contributed by atoms with Gasteiger partial charge in [0.1, 0.15) is 10.9 Å². The van der Waals surface area contributed by atoms with Gasteiger partial charge in [0.15, 0.2) is 0 Å². The Morgan fingerprint density at radius 2 is 0.940 bits per heavy atom. The molecule has 0 saturated carbocycles. The topological polar surface area (TPSA) is 92.1 Å². The monoisotopic (exact) mass is 934 g/mol. The first-order chi connectivity index (χ1) is 32.8. The van der Waals surface area contributed by atoms with Crippen LogP contribution in [0.5, 0.6) is 0 Å². The Hall–Kier alpha value is -6.04. The summed E-state index contributed by atoms with van der Waals surface area (Å²) >= 11 is 6.41. The number of carboxylic acid groups (broad SMARTS) is 1. The number of hydrazone groups is 2. The minimum Gasteiger partial charge on any atom is -0.480 e. The standard InChI is InChI=1S/C56H66N6O3S2/c1-3-5-7-9-11-13-21-39-60(48-23-17-15-18-24-48)57-42-46-29-35-51(36-30-46)62(50-25-19-16-20-26-50)52-37-31-47(32-38-52)43-58-61(40-22-14-12-10-8-6-4-2)49-33-27-45(28-34-49)41-53-55(65)59(44-54(63)64)56(66)67-53/h15-20,23-38,41-43H,3-14,21-22,39-40,44H2,1-2H3,(H,63,64). The molecule has 5 aromatic carbocycles. The molecule has 0 bridgehead atoms. The molecular weight excluding hydrogens is 869 g/mol. The average molecular weight is 935 g/mol. The van der Waals surface area contributed by atoms with Gasteiger partial charge in [-0.2, -0.15) is 10.2 Å². The van der Waals surface area contributed by atoms with Crippen LogP contribution < -0.4 is 14.9 Å². The Kier molecular flexibility index (Phi) is 20.7. The number of carboxylic acids is 1. The zero-order chi connectivity index (χ0) is 47.1. The Morgan fingerprint density at radius 3 is 1.40 bits per heavy atom. The number of carbonyl (C=O) groups excluding carboxylic acids is 1. The van der Waals surface area contributed by atoms with E-state index >= 15 is 0 Å². The van der Waals surface area contributed by atoms with Gasteiger partial charge in [0.05, 0.1) is 28.7 Å². The summed E-state index contributed by atoms with van der Waals surface area (Å²) < 4.78 is 0.252. The molecule has 1 amide bonds. The number of amides is 1. The van der Waals surface area contributed by atoms with Crippen LogP contribution in [-0.4, -0.2) is 58.3 Å². The molecule has 1 aliphatic rings. The number of para-hydroxylation sites is 2. The number of anilines is 5. The number of thiocarbonyl (C=S) groups is 1. The zero-order valence-electron chi connectivity index (χ0n) is 39.2. The number of nitrogens with zero attached hydrogens (tertiary/aromatic N) is 6. The van der Waals surface area contributed by atoms with Gasteiger partial charge in [-0.15, -0.1) is 0 Å². The maximum absolute atomic E-state index is 12.9. The first-order valence-corrected chi connectivity index (χ1v) is 25.4. The van der Waals surface area contributed by atoms with E-state index in [4.69, 9.17) is 22.4 Å². The first kappa shape index (κ1) is 50.4.